The van der Waals surface area contributed by atoms with Crippen LogP contribution in [0.5, 0.6) is 0 Å². The van der Waals surface area contributed by atoms with Crippen molar-refractivity contribution in [2.24, 2.45) is 11.8 Å². The highest BCUT2D eigenvalue weighted by Gasteiger charge is 2.51. The van der Waals surface area contributed by atoms with Gasteiger partial charge in [-0.15, -0.1) is 0 Å². The summed E-state index contributed by atoms with van der Waals surface area (Å²) in [6.07, 6.45) is 3.07. The van der Waals surface area contributed by atoms with Crippen molar-refractivity contribution < 1.29 is 14.3 Å². The van der Waals surface area contributed by atoms with Crippen LogP contribution in [0.3, 0.4) is 0 Å². The molecule has 1 N–H and O–H groups in total. The standard InChI is InChI=1S/C24H35N3O3/c1-17(2)25-22(28)12-19-15-27(14-18-8-4-3-5-9-18)20-16-30-21(24(19)20)13-23(29)26-10-6-7-11-26/h3-5,8-9,17,19-21,24H,6-7,10-16H2,1-2H3,(H,25,28)/t19-,20-,21+,24-/m1/s1. The molecular weight excluding hydrogens is 378 g/mol. The molecule has 0 radical (unpaired) electrons. The number of carbonyl (C=O) groups is 2. The molecule has 30 heavy (non-hydrogen) atoms. The number of carbonyl (C=O) groups excluding carboxylic acids is 2. The zero-order valence-electron chi connectivity index (χ0n) is 18.3. The van der Waals surface area contributed by atoms with Crippen molar-refractivity contribution in [2.45, 2.75) is 64.3 Å². The Kier molecular flexibility index (Phi) is 6.74. The molecule has 2 amide bonds. The summed E-state index contributed by atoms with van der Waals surface area (Å²) in [6, 6.07) is 10.9. The van der Waals surface area contributed by atoms with Crippen molar-refractivity contribution >= 4 is 11.8 Å². The Morgan fingerprint density at radius 2 is 1.87 bits per heavy atom. The van der Waals surface area contributed by atoms with Gasteiger partial charge in [0.2, 0.25) is 11.8 Å². The second-order valence-corrected chi connectivity index (χ2v) is 9.41. The summed E-state index contributed by atoms with van der Waals surface area (Å²) >= 11 is 0. The van der Waals surface area contributed by atoms with Crippen molar-refractivity contribution in [1.29, 1.82) is 0 Å². The van der Waals surface area contributed by atoms with E-state index in [-0.39, 0.29) is 41.8 Å². The first kappa shape index (κ1) is 21.3. The van der Waals surface area contributed by atoms with Gasteiger partial charge in [0, 0.05) is 50.6 Å². The molecular formula is C24H35N3O3. The molecule has 6 heteroatoms. The third-order valence-electron chi connectivity index (χ3n) is 6.80. The molecule has 3 aliphatic rings. The zero-order chi connectivity index (χ0) is 21.1. The molecule has 0 unspecified atom stereocenters. The number of hydrogen-bond acceptors (Lipinski definition) is 4. The van der Waals surface area contributed by atoms with Crippen molar-refractivity contribution in [3.05, 3.63) is 35.9 Å². The van der Waals surface area contributed by atoms with E-state index in [1.807, 2.05) is 24.8 Å². The van der Waals surface area contributed by atoms with Gasteiger partial charge in [0.1, 0.15) is 0 Å². The van der Waals surface area contributed by atoms with Crippen molar-refractivity contribution in [2.75, 3.05) is 26.2 Å². The molecule has 0 spiro atoms. The molecule has 3 fully saturated rings. The van der Waals surface area contributed by atoms with E-state index in [1.54, 1.807) is 0 Å². The molecule has 1 aromatic carbocycles. The maximum absolute atomic E-state index is 12.8. The number of benzene rings is 1. The Bertz CT molecular complexity index is 732. The van der Waals surface area contributed by atoms with Gasteiger partial charge in [-0.2, -0.15) is 0 Å². The summed E-state index contributed by atoms with van der Waals surface area (Å²) in [4.78, 5) is 29.8. The molecule has 0 saturated carbocycles. The minimum atomic E-state index is -0.0827. The highest BCUT2D eigenvalue weighted by atomic mass is 16.5. The first-order chi connectivity index (χ1) is 14.5. The minimum Gasteiger partial charge on any atom is -0.376 e. The highest BCUT2D eigenvalue weighted by molar-refractivity contribution is 5.77. The average Bonchev–Trinajstić information content (AvgIpc) is 3.43. The SMILES string of the molecule is CC(C)NC(=O)C[C@@H]1CN(Cc2ccccc2)[C@@H]2CO[C@@H](CC(=O)N3CCCC3)[C@H]12. The predicted octanol–water partition coefficient (Wildman–Crippen LogP) is 2.43. The van der Waals surface area contributed by atoms with Crippen LogP contribution in [0, 0.1) is 11.8 Å². The Morgan fingerprint density at radius 3 is 2.57 bits per heavy atom. The second kappa shape index (κ2) is 9.48. The lowest BCUT2D eigenvalue weighted by atomic mass is 9.84. The number of hydrogen-bond donors (Lipinski definition) is 1. The lowest BCUT2D eigenvalue weighted by Gasteiger charge is -2.25. The van der Waals surface area contributed by atoms with Crippen LogP contribution < -0.4 is 5.32 Å². The molecule has 0 aliphatic carbocycles. The van der Waals surface area contributed by atoms with Gasteiger partial charge < -0.3 is 15.0 Å². The van der Waals surface area contributed by atoms with Crippen LogP contribution in [0.25, 0.3) is 0 Å². The highest BCUT2D eigenvalue weighted by Crippen LogP contribution is 2.42. The van der Waals surface area contributed by atoms with Gasteiger partial charge in [-0.25, -0.2) is 0 Å². The van der Waals surface area contributed by atoms with Crippen LogP contribution in [0.4, 0.5) is 0 Å². The number of nitrogens with one attached hydrogen (secondary N) is 1. The zero-order valence-corrected chi connectivity index (χ0v) is 18.3. The summed E-state index contributed by atoms with van der Waals surface area (Å²) in [7, 11) is 0. The lowest BCUT2D eigenvalue weighted by molar-refractivity contribution is -0.133. The molecule has 164 valence electrons. The first-order valence-electron chi connectivity index (χ1n) is 11.5. The van der Waals surface area contributed by atoms with E-state index in [9.17, 15) is 9.59 Å². The Labute approximate surface area is 179 Å². The Morgan fingerprint density at radius 1 is 1.13 bits per heavy atom. The number of rotatable bonds is 7. The van der Waals surface area contributed by atoms with Crippen LogP contribution in [-0.4, -0.2) is 66.0 Å². The van der Waals surface area contributed by atoms with Crippen LogP contribution in [0.15, 0.2) is 30.3 Å². The van der Waals surface area contributed by atoms with E-state index in [2.05, 4.69) is 34.5 Å². The number of fused-ring (bicyclic) bond motifs is 1. The molecule has 1 aromatic rings. The predicted molar refractivity (Wildman–Crippen MR) is 116 cm³/mol. The fourth-order valence-electron chi connectivity index (χ4n) is 5.50. The third-order valence-corrected chi connectivity index (χ3v) is 6.80. The molecule has 3 saturated heterocycles. The molecule has 0 aromatic heterocycles. The summed E-state index contributed by atoms with van der Waals surface area (Å²) < 4.78 is 6.19. The van der Waals surface area contributed by atoms with E-state index in [1.165, 1.54) is 5.56 Å². The Balaban J connectivity index is 1.47. The third kappa shape index (κ3) is 4.86. The van der Waals surface area contributed by atoms with E-state index in [4.69, 9.17) is 4.74 Å². The maximum atomic E-state index is 12.8. The van der Waals surface area contributed by atoms with Gasteiger partial charge in [0.15, 0.2) is 0 Å². The lowest BCUT2D eigenvalue weighted by Crippen LogP contribution is -2.37. The second-order valence-electron chi connectivity index (χ2n) is 9.41. The van der Waals surface area contributed by atoms with Gasteiger partial charge in [0.05, 0.1) is 19.1 Å². The van der Waals surface area contributed by atoms with Crippen LogP contribution in [0.2, 0.25) is 0 Å². The number of likely N-dealkylation sites (tertiary alicyclic amines) is 2. The van der Waals surface area contributed by atoms with E-state index < -0.39 is 0 Å². The number of nitrogens with zero attached hydrogens (tertiary/aromatic N) is 2. The summed E-state index contributed by atoms with van der Waals surface area (Å²) in [5.41, 5.74) is 1.28. The van der Waals surface area contributed by atoms with E-state index >= 15 is 0 Å². The van der Waals surface area contributed by atoms with Crippen LogP contribution in [-0.2, 0) is 20.9 Å². The monoisotopic (exact) mass is 413 g/mol. The van der Waals surface area contributed by atoms with Crippen LogP contribution in [0.1, 0.15) is 45.1 Å². The summed E-state index contributed by atoms with van der Waals surface area (Å²) in [5, 5.41) is 3.04. The molecule has 3 heterocycles. The van der Waals surface area contributed by atoms with Gasteiger partial charge in [-0.3, -0.25) is 14.5 Å². The van der Waals surface area contributed by atoms with Crippen LogP contribution >= 0.6 is 0 Å². The van der Waals surface area contributed by atoms with E-state index in [0.29, 0.717) is 19.4 Å². The molecule has 4 atom stereocenters. The topological polar surface area (TPSA) is 61.9 Å². The summed E-state index contributed by atoms with van der Waals surface area (Å²) in [5.74, 6) is 0.770. The average molecular weight is 414 g/mol. The van der Waals surface area contributed by atoms with Crippen molar-refractivity contribution in [1.82, 2.24) is 15.1 Å². The molecule has 4 rings (SSSR count). The van der Waals surface area contributed by atoms with Gasteiger partial charge in [0.25, 0.3) is 0 Å². The largest absolute Gasteiger partial charge is 0.376 e. The van der Waals surface area contributed by atoms with Gasteiger partial charge in [-0.1, -0.05) is 30.3 Å². The minimum absolute atomic E-state index is 0.0827. The molecule has 6 nitrogen and oxygen atoms in total. The van der Waals surface area contributed by atoms with Crippen molar-refractivity contribution in [3.63, 3.8) is 0 Å². The number of ether oxygens (including phenoxy) is 1. The number of amides is 2. The van der Waals surface area contributed by atoms with Crippen molar-refractivity contribution in [3.8, 4) is 0 Å². The first-order valence-corrected chi connectivity index (χ1v) is 11.5. The van der Waals surface area contributed by atoms with Gasteiger partial charge in [-0.05, 0) is 38.2 Å². The smallest absolute Gasteiger partial charge is 0.225 e. The molecule has 3 aliphatic heterocycles. The van der Waals surface area contributed by atoms with E-state index in [0.717, 1.165) is 39.0 Å². The maximum Gasteiger partial charge on any atom is 0.225 e. The summed E-state index contributed by atoms with van der Waals surface area (Å²) in [6.45, 7) is 8.13. The Hall–Kier alpha value is -1.92. The molecule has 0 bridgehead atoms. The normalized spacial score (nSPS) is 28.8. The fourth-order valence-corrected chi connectivity index (χ4v) is 5.50. The fraction of sp³-hybridized carbons (Fsp3) is 0.667. The quantitative estimate of drug-likeness (QED) is 0.746. The van der Waals surface area contributed by atoms with Gasteiger partial charge >= 0.3 is 0 Å².